The molecule has 18 nitrogen and oxygen atoms in total. The average molecular weight is 912 g/mol. The van der Waals surface area contributed by atoms with Gasteiger partial charge in [-0.15, -0.1) is 0 Å². The lowest BCUT2D eigenvalue weighted by atomic mass is 9.43. The maximum atomic E-state index is 13.0. The van der Waals surface area contributed by atoms with Crippen LogP contribution in [0.5, 0.6) is 0 Å². The average Bonchev–Trinajstić information content (AvgIpc) is 3.62. The van der Waals surface area contributed by atoms with Crippen LogP contribution in [0.15, 0.2) is 0 Å². The van der Waals surface area contributed by atoms with Crippen LogP contribution < -0.4 is 27.0 Å². The molecule has 368 valence electrons. The Balaban J connectivity index is 1.01. The molecule has 4 aliphatic carbocycles. The summed E-state index contributed by atoms with van der Waals surface area (Å²) < 4.78 is 21.4. The summed E-state index contributed by atoms with van der Waals surface area (Å²) in [6.07, 6.45) is 7.51. The van der Waals surface area contributed by atoms with E-state index in [1.54, 1.807) is 0 Å². The minimum absolute atomic E-state index is 0.00588. The highest BCUT2D eigenvalue weighted by Crippen LogP contribution is 2.68. The van der Waals surface area contributed by atoms with Crippen molar-refractivity contribution < 1.29 is 63.3 Å². The SMILES string of the molecule is C[C@H](CCC(=O)NC(CCC(=O)NCCOCCOCC(=O)NCCOCCOCC(=O)NCCCCCN)C(=O)O)C1CC[C@H]2C3C(C[C@H](O)[C@]12C)[C@@]1(C)CC[C@@H](O)C[C@H]1C[C@H]3O. The number of hydrogen-bond acceptors (Lipinski definition) is 13. The van der Waals surface area contributed by atoms with Gasteiger partial charge in [0.25, 0.3) is 0 Å². The molecule has 12 atom stereocenters. The van der Waals surface area contributed by atoms with Gasteiger partial charge in [0.15, 0.2) is 0 Å². The van der Waals surface area contributed by atoms with Gasteiger partial charge in [-0.1, -0.05) is 27.2 Å². The lowest BCUT2D eigenvalue weighted by molar-refractivity contribution is -0.207. The zero-order valence-electron chi connectivity index (χ0n) is 38.7. The Kier molecular flexibility index (Phi) is 22.6. The fourth-order valence-corrected chi connectivity index (χ4v) is 11.7. The van der Waals surface area contributed by atoms with Crippen LogP contribution in [0.3, 0.4) is 0 Å². The Labute approximate surface area is 379 Å². The van der Waals surface area contributed by atoms with Gasteiger partial charge in [0.2, 0.25) is 23.6 Å². The molecule has 4 unspecified atom stereocenters. The van der Waals surface area contributed by atoms with Gasteiger partial charge in [-0.05, 0) is 124 Å². The Bertz CT molecular complexity index is 1480. The number of hydrogen-bond donors (Lipinski definition) is 9. The Morgan fingerprint density at radius 1 is 0.688 bits per heavy atom. The molecule has 0 radical (unpaired) electrons. The van der Waals surface area contributed by atoms with Crippen LogP contribution in [0.25, 0.3) is 0 Å². The van der Waals surface area contributed by atoms with Crippen LogP contribution >= 0.6 is 0 Å². The normalized spacial score (nSPS) is 30.5. The number of amides is 4. The van der Waals surface area contributed by atoms with E-state index in [0.717, 1.165) is 44.9 Å². The zero-order chi connectivity index (χ0) is 46.7. The first-order valence-corrected chi connectivity index (χ1v) is 24.0. The van der Waals surface area contributed by atoms with Crippen molar-refractivity contribution in [2.45, 2.75) is 135 Å². The molecule has 0 spiro atoms. The molecule has 4 saturated carbocycles. The number of unbranched alkanes of at least 4 members (excludes halogenated alkanes) is 2. The highest BCUT2D eigenvalue weighted by Gasteiger charge is 2.65. The van der Waals surface area contributed by atoms with Crippen molar-refractivity contribution in [2.75, 3.05) is 79.0 Å². The van der Waals surface area contributed by atoms with Crippen molar-refractivity contribution in [2.24, 2.45) is 52.1 Å². The van der Waals surface area contributed by atoms with Crippen molar-refractivity contribution in [1.82, 2.24) is 21.3 Å². The van der Waals surface area contributed by atoms with Crippen LogP contribution in [-0.4, -0.2) is 153 Å². The monoisotopic (exact) mass is 912 g/mol. The van der Waals surface area contributed by atoms with Gasteiger partial charge in [-0.25, -0.2) is 4.79 Å². The quantitative estimate of drug-likeness (QED) is 0.0460. The number of aliphatic carboxylic acids is 1. The molecule has 0 aromatic heterocycles. The summed E-state index contributed by atoms with van der Waals surface area (Å²) in [5, 5.41) is 54.3. The number of ether oxygens (including phenoxy) is 4. The van der Waals surface area contributed by atoms with Gasteiger partial charge in [-0.3, -0.25) is 19.2 Å². The minimum Gasteiger partial charge on any atom is -0.480 e. The van der Waals surface area contributed by atoms with Gasteiger partial charge >= 0.3 is 5.97 Å². The number of carboxylic acids is 1. The third-order valence-corrected chi connectivity index (χ3v) is 15.2. The van der Waals surface area contributed by atoms with Crippen LogP contribution in [0.2, 0.25) is 0 Å². The fraction of sp³-hybridized carbons (Fsp3) is 0.891. The number of rotatable bonds is 30. The smallest absolute Gasteiger partial charge is 0.326 e. The molecule has 10 N–H and O–H groups in total. The predicted molar refractivity (Wildman–Crippen MR) is 236 cm³/mol. The molecular formula is C46H81N5O13. The first kappa shape index (κ1) is 53.6. The third-order valence-electron chi connectivity index (χ3n) is 15.2. The van der Waals surface area contributed by atoms with E-state index in [1.165, 1.54) is 0 Å². The topological polar surface area (TPSA) is 277 Å². The van der Waals surface area contributed by atoms with E-state index in [4.69, 9.17) is 24.7 Å². The van der Waals surface area contributed by atoms with Crippen molar-refractivity contribution in [1.29, 1.82) is 0 Å². The van der Waals surface area contributed by atoms with Gasteiger partial charge in [0.05, 0.1) is 58.0 Å². The molecular weight excluding hydrogens is 831 g/mol. The molecule has 0 aliphatic heterocycles. The third kappa shape index (κ3) is 15.6. The lowest BCUT2D eigenvalue weighted by Gasteiger charge is -2.63. The number of carbonyl (C=O) groups is 5. The van der Waals surface area contributed by atoms with E-state index in [2.05, 4.69) is 42.0 Å². The number of carboxylic acid groups (broad SMARTS) is 1. The molecule has 4 rings (SSSR count). The van der Waals surface area contributed by atoms with Crippen molar-refractivity contribution in [3.63, 3.8) is 0 Å². The molecule has 18 heteroatoms. The first-order valence-electron chi connectivity index (χ1n) is 24.0. The Morgan fingerprint density at radius 3 is 1.94 bits per heavy atom. The highest BCUT2D eigenvalue weighted by atomic mass is 16.5. The van der Waals surface area contributed by atoms with E-state index in [-0.39, 0.29) is 150 Å². The summed E-state index contributed by atoms with van der Waals surface area (Å²) in [5.74, 6) is -1.50. The van der Waals surface area contributed by atoms with Gasteiger partial charge in [0, 0.05) is 32.5 Å². The number of carbonyl (C=O) groups excluding carboxylic acids is 4. The van der Waals surface area contributed by atoms with Gasteiger partial charge in [0.1, 0.15) is 19.3 Å². The highest BCUT2D eigenvalue weighted by molar-refractivity contribution is 5.84. The maximum absolute atomic E-state index is 13.0. The van der Waals surface area contributed by atoms with Crippen molar-refractivity contribution in [3.05, 3.63) is 0 Å². The van der Waals surface area contributed by atoms with Crippen molar-refractivity contribution in [3.8, 4) is 0 Å². The molecule has 4 amide bonds. The molecule has 0 saturated heterocycles. The largest absolute Gasteiger partial charge is 0.480 e. The lowest BCUT2D eigenvalue weighted by Crippen LogP contribution is -2.62. The molecule has 0 aromatic rings. The van der Waals surface area contributed by atoms with Gasteiger partial charge in [-0.2, -0.15) is 0 Å². The summed E-state index contributed by atoms with van der Waals surface area (Å²) in [4.78, 5) is 61.1. The van der Waals surface area contributed by atoms with E-state index in [0.29, 0.717) is 38.8 Å². The Hall–Kier alpha value is -2.97. The second kappa shape index (κ2) is 27.0. The molecule has 0 heterocycles. The van der Waals surface area contributed by atoms with E-state index < -0.39 is 35.5 Å². The summed E-state index contributed by atoms with van der Waals surface area (Å²) in [7, 11) is 0. The number of nitrogens with one attached hydrogen (secondary N) is 4. The maximum Gasteiger partial charge on any atom is 0.326 e. The zero-order valence-corrected chi connectivity index (χ0v) is 38.7. The molecule has 0 aromatic carbocycles. The number of fused-ring (bicyclic) bond motifs is 5. The summed E-state index contributed by atoms with van der Waals surface area (Å²) in [6.45, 7) is 9.49. The number of aliphatic hydroxyl groups excluding tert-OH is 3. The number of aliphatic hydroxyl groups is 3. The molecule has 4 fully saturated rings. The minimum atomic E-state index is -1.22. The number of nitrogens with two attached hydrogens (primary N) is 1. The van der Waals surface area contributed by atoms with Crippen molar-refractivity contribution >= 4 is 29.6 Å². The van der Waals surface area contributed by atoms with Gasteiger partial charge < -0.3 is 66.4 Å². The summed E-state index contributed by atoms with van der Waals surface area (Å²) >= 11 is 0. The first-order chi connectivity index (χ1) is 30.6. The molecule has 64 heavy (non-hydrogen) atoms. The van der Waals surface area contributed by atoms with E-state index >= 15 is 0 Å². The fourth-order valence-electron chi connectivity index (χ4n) is 11.7. The molecule has 4 aliphatic rings. The second-order valence-corrected chi connectivity index (χ2v) is 19.3. The predicted octanol–water partition coefficient (Wildman–Crippen LogP) is 1.26. The Morgan fingerprint density at radius 2 is 1.30 bits per heavy atom. The standard InChI is InChI=1S/C46H81N5O13/c1-30(33-8-9-34-43-35(27-38(54)46(33,34)3)45(2)14-13-32(52)25-31(45)26-37(43)53)7-11-40(56)51-36(44(59)60)10-12-39(55)49-17-19-61-21-24-64-29-42(58)50-18-20-62-22-23-63-28-41(57)48-16-6-4-5-15-47/h30-38,43,52-54H,4-29,47H2,1-3H3,(H,48,57)(H,49,55)(H,50,58)(H,51,56)(H,59,60)/t30-,31+,32-,33?,34+,35?,36?,37-,38+,43?,45+,46-/m1/s1. The summed E-state index contributed by atoms with van der Waals surface area (Å²) in [5.41, 5.74) is 5.04. The van der Waals surface area contributed by atoms with E-state index in [1.807, 2.05) is 0 Å². The van der Waals surface area contributed by atoms with Crippen LogP contribution in [0.4, 0.5) is 0 Å². The van der Waals surface area contributed by atoms with Crippen LogP contribution in [0.1, 0.15) is 111 Å². The summed E-state index contributed by atoms with van der Waals surface area (Å²) in [6, 6.07) is -1.22. The van der Waals surface area contributed by atoms with E-state index in [9.17, 15) is 44.4 Å². The molecule has 0 bridgehead atoms. The van der Waals surface area contributed by atoms with Crippen LogP contribution in [0, 0.1) is 46.3 Å². The van der Waals surface area contributed by atoms with Crippen LogP contribution in [-0.2, 0) is 42.9 Å². The second-order valence-electron chi connectivity index (χ2n) is 19.3.